The minimum absolute atomic E-state index is 0.271. The largest absolute Gasteiger partial charge is 0.430 e. The van der Waals surface area contributed by atoms with E-state index in [1.165, 1.54) is 0 Å². The molecule has 1 aromatic rings. The van der Waals surface area contributed by atoms with Crippen LogP contribution in [-0.2, 0) is 10.4 Å². The second-order valence-corrected chi connectivity index (χ2v) is 4.99. The molecule has 3 nitrogen and oxygen atoms in total. The Morgan fingerprint density at radius 2 is 1.50 bits per heavy atom. The van der Waals surface area contributed by atoms with Gasteiger partial charge in [0, 0.05) is 5.56 Å². The van der Waals surface area contributed by atoms with Crippen LogP contribution >= 0.6 is 0 Å². The third-order valence-electron chi connectivity index (χ3n) is 3.25. The standard InChI is InChI=1S/C15H17F6NO2/c1-3-5-12(22-24-4-2)10-6-8-11(9-7-10)13(23,14(16,17)18)15(19,20)21/h6-9,23H,3-5H2,1-2H3/b22-12-. The maximum Gasteiger partial charge on any atom is 0.430 e. The van der Waals surface area contributed by atoms with Crippen LogP contribution in [0.4, 0.5) is 26.3 Å². The Labute approximate surface area is 134 Å². The molecule has 0 heterocycles. The topological polar surface area (TPSA) is 41.8 Å². The number of rotatable bonds is 6. The summed E-state index contributed by atoms with van der Waals surface area (Å²) in [6.45, 7) is 3.79. The van der Waals surface area contributed by atoms with Gasteiger partial charge in [-0.05, 0) is 18.9 Å². The zero-order valence-electron chi connectivity index (χ0n) is 13.0. The number of halogens is 6. The van der Waals surface area contributed by atoms with E-state index in [1.54, 1.807) is 6.92 Å². The first-order valence-electron chi connectivity index (χ1n) is 7.14. The highest BCUT2D eigenvalue weighted by atomic mass is 19.4. The van der Waals surface area contributed by atoms with E-state index >= 15 is 0 Å². The number of hydrogen-bond acceptors (Lipinski definition) is 3. The lowest BCUT2D eigenvalue weighted by molar-refractivity contribution is -0.376. The molecule has 24 heavy (non-hydrogen) atoms. The molecule has 9 heteroatoms. The third-order valence-corrected chi connectivity index (χ3v) is 3.25. The second-order valence-electron chi connectivity index (χ2n) is 4.99. The van der Waals surface area contributed by atoms with Crippen LogP contribution in [0, 0.1) is 0 Å². The van der Waals surface area contributed by atoms with Gasteiger partial charge in [-0.3, -0.25) is 0 Å². The Bertz CT molecular complexity index is 549. The lowest BCUT2D eigenvalue weighted by atomic mass is 9.91. The molecule has 136 valence electrons. The summed E-state index contributed by atoms with van der Waals surface area (Å²) >= 11 is 0. The van der Waals surface area contributed by atoms with Gasteiger partial charge in [-0.15, -0.1) is 0 Å². The molecule has 0 aliphatic heterocycles. The summed E-state index contributed by atoms with van der Waals surface area (Å²) in [7, 11) is 0. The summed E-state index contributed by atoms with van der Waals surface area (Å²) in [5.74, 6) is 0. The van der Waals surface area contributed by atoms with Crippen molar-refractivity contribution in [2.75, 3.05) is 6.61 Å². The Morgan fingerprint density at radius 1 is 1.00 bits per heavy atom. The van der Waals surface area contributed by atoms with Gasteiger partial charge in [0.05, 0.1) is 5.71 Å². The van der Waals surface area contributed by atoms with Crippen molar-refractivity contribution < 1.29 is 36.3 Å². The van der Waals surface area contributed by atoms with Gasteiger partial charge < -0.3 is 9.94 Å². The molecule has 1 N–H and O–H groups in total. The molecule has 0 aliphatic carbocycles. The van der Waals surface area contributed by atoms with Gasteiger partial charge in [0.15, 0.2) is 0 Å². The summed E-state index contributed by atoms with van der Waals surface area (Å²) in [5, 5.41) is 13.1. The smallest absolute Gasteiger partial charge is 0.396 e. The third kappa shape index (κ3) is 4.00. The molecule has 0 radical (unpaired) electrons. The number of nitrogens with zero attached hydrogens (tertiary/aromatic N) is 1. The van der Waals surface area contributed by atoms with Crippen molar-refractivity contribution >= 4 is 5.71 Å². The normalized spacial score (nSPS) is 14.0. The van der Waals surface area contributed by atoms with Crippen LogP contribution in [0.5, 0.6) is 0 Å². The monoisotopic (exact) mass is 357 g/mol. The molecule has 0 bridgehead atoms. The molecule has 0 aromatic heterocycles. The maximum atomic E-state index is 12.8. The zero-order valence-corrected chi connectivity index (χ0v) is 13.0. The van der Waals surface area contributed by atoms with Crippen molar-refractivity contribution in [3.63, 3.8) is 0 Å². The molecule has 0 amide bonds. The fraction of sp³-hybridized carbons (Fsp3) is 0.533. The summed E-state index contributed by atoms with van der Waals surface area (Å²) in [6.07, 6.45) is -10.7. The lowest BCUT2D eigenvalue weighted by Crippen LogP contribution is -2.53. The Morgan fingerprint density at radius 3 is 1.88 bits per heavy atom. The van der Waals surface area contributed by atoms with Gasteiger partial charge in [-0.1, -0.05) is 42.8 Å². The van der Waals surface area contributed by atoms with E-state index in [0.717, 1.165) is 12.1 Å². The maximum absolute atomic E-state index is 12.8. The first kappa shape index (κ1) is 20.3. The number of aliphatic hydroxyl groups is 1. The summed E-state index contributed by atoms with van der Waals surface area (Å²) < 4.78 is 76.9. The molecule has 0 saturated carbocycles. The van der Waals surface area contributed by atoms with Crippen LogP contribution in [0.15, 0.2) is 29.4 Å². The lowest BCUT2D eigenvalue weighted by Gasteiger charge is -2.32. The number of hydrogen-bond donors (Lipinski definition) is 1. The van der Waals surface area contributed by atoms with E-state index in [0.29, 0.717) is 36.2 Å². The Kier molecular flexibility index (Phi) is 6.26. The van der Waals surface area contributed by atoms with Crippen LogP contribution in [0.2, 0.25) is 0 Å². The first-order valence-corrected chi connectivity index (χ1v) is 7.14. The predicted molar refractivity (Wildman–Crippen MR) is 75.5 cm³/mol. The van der Waals surface area contributed by atoms with Crippen LogP contribution < -0.4 is 0 Å². The van der Waals surface area contributed by atoms with Crippen molar-refractivity contribution in [2.24, 2.45) is 5.16 Å². The fourth-order valence-corrected chi connectivity index (χ4v) is 2.01. The molecule has 0 unspecified atom stereocenters. The summed E-state index contributed by atoms with van der Waals surface area (Å²) in [5.41, 5.74) is -5.52. The van der Waals surface area contributed by atoms with Gasteiger partial charge in [-0.25, -0.2) is 0 Å². The average molecular weight is 357 g/mol. The van der Waals surface area contributed by atoms with Crippen molar-refractivity contribution in [3.05, 3.63) is 35.4 Å². The Hall–Kier alpha value is -1.77. The highest BCUT2D eigenvalue weighted by Crippen LogP contribution is 2.49. The van der Waals surface area contributed by atoms with E-state index in [-0.39, 0.29) is 6.61 Å². The first-order chi connectivity index (χ1) is 11.0. The Balaban J connectivity index is 3.30. The fourth-order valence-electron chi connectivity index (χ4n) is 2.01. The van der Waals surface area contributed by atoms with Gasteiger partial charge in [0.25, 0.3) is 5.60 Å². The van der Waals surface area contributed by atoms with Crippen LogP contribution in [0.3, 0.4) is 0 Å². The highest BCUT2D eigenvalue weighted by molar-refractivity contribution is 6.00. The average Bonchev–Trinajstić information content (AvgIpc) is 2.48. The van der Waals surface area contributed by atoms with E-state index in [2.05, 4.69) is 5.16 Å². The molecule has 0 spiro atoms. The van der Waals surface area contributed by atoms with E-state index in [1.807, 2.05) is 6.92 Å². The van der Waals surface area contributed by atoms with Crippen LogP contribution in [-0.4, -0.2) is 29.8 Å². The van der Waals surface area contributed by atoms with Crippen molar-refractivity contribution in [2.45, 2.75) is 44.6 Å². The summed E-state index contributed by atoms with van der Waals surface area (Å²) in [6, 6.07) is 3.28. The molecule has 0 aliphatic rings. The number of oxime groups is 1. The molecular weight excluding hydrogens is 340 g/mol. The highest BCUT2D eigenvalue weighted by Gasteiger charge is 2.71. The molecule has 1 rings (SSSR count). The van der Waals surface area contributed by atoms with Crippen LogP contribution in [0.25, 0.3) is 0 Å². The van der Waals surface area contributed by atoms with E-state index in [4.69, 9.17) is 4.84 Å². The molecule has 0 saturated heterocycles. The quantitative estimate of drug-likeness (QED) is 0.461. The summed E-state index contributed by atoms with van der Waals surface area (Å²) in [4.78, 5) is 4.89. The van der Waals surface area contributed by atoms with Gasteiger partial charge in [0.1, 0.15) is 6.61 Å². The van der Waals surface area contributed by atoms with Crippen molar-refractivity contribution in [1.29, 1.82) is 0 Å². The second kappa shape index (κ2) is 7.42. The van der Waals surface area contributed by atoms with Gasteiger partial charge in [-0.2, -0.15) is 26.3 Å². The van der Waals surface area contributed by atoms with Crippen LogP contribution in [0.1, 0.15) is 37.8 Å². The zero-order chi connectivity index (χ0) is 18.6. The molecular formula is C15H17F6NO2. The number of benzene rings is 1. The van der Waals surface area contributed by atoms with Crippen molar-refractivity contribution in [3.8, 4) is 0 Å². The predicted octanol–water partition coefficient (Wildman–Crippen LogP) is 4.54. The minimum atomic E-state index is -5.90. The molecule has 0 atom stereocenters. The minimum Gasteiger partial charge on any atom is -0.396 e. The van der Waals surface area contributed by atoms with Gasteiger partial charge in [0.2, 0.25) is 0 Å². The number of alkyl halides is 6. The molecule has 1 aromatic carbocycles. The van der Waals surface area contributed by atoms with E-state index in [9.17, 15) is 31.4 Å². The van der Waals surface area contributed by atoms with Crippen molar-refractivity contribution in [1.82, 2.24) is 0 Å². The van der Waals surface area contributed by atoms with E-state index < -0.39 is 23.5 Å². The SMILES string of the molecule is CCC/C(=N/OCC)c1ccc(C(O)(C(F)(F)F)C(F)(F)F)cc1. The molecule has 0 fully saturated rings. The van der Waals surface area contributed by atoms with Gasteiger partial charge >= 0.3 is 12.4 Å².